The zero-order chi connectivity index (χ0) is 19.2. The van der Waals surface area contributed by atoms with E-state index in [1.54, 1.807) is 18.3 Å². The van der Waals surface area contributed by atoms with Crippen LogP contribution in [-0.2, 0) is 4.79 Å². The Hall–Kier alpha value is -3.41. The molecule has 0 aliphatic carbocycles. The fourth-order valence-electron chi connectivity index (χ4n) is 2.81. The van der Waals surface area contributed by atoms with Crippen LogP contribution in [0.5, 0.6) is 0 Å². The minimum absolute atomic E-state index is 0.143. The summed E-state index contributed by atoms with van der Waals surface area (Å²) in [6.45, 7) is 0.639. The number of aliphatic carboxylic acids is 1. The molecule has 2 aromatic carbocycles. The fourth-order valence-corrected chi connectivity index (χ4v) is 2.81. The first-order valence-electron chi connectivity index (χ1n) is 8.72. The molecule has 1 amide bonds. The molecule has 0 saturated carbocycles. The summed E-state index contributed by atoms with van der Waals surface area (Å²) >= 11 is 0. The van der Waals surface area contributed by atoms with E-state index in [4.69, 9.17) is 5.11 Å². The van der Waals surface area contributed by atoms with Crippen LogP contribution >= 0.6 is 0 Å². The maximum atomic E-state index is 12.5. The average Bonchev–Trinajstić information content (AvgIpc) is 2.67. The molecule has 0 aliphatic rings. The smallest absolute Gasteiger partial charge is 0.303 e. The van der Waals surface area contributed by atoms with Crippen LogP contribution in [0.1, 0.15) is 23.2 Å². The van der Waals surface area contributed by atoms with Crippen molar-refractivity contribution in [2.45, 2.75) is 12.8 Å². The van der Waals surface area contributed by atoms with Gasteiger partial charge in [-0.15, -0.1) is 0 Å². The summed E-state index contributed by atoms with van der Waals surface area (Å²) in [5, 5.41) is 12.5. The molecule has 1 aromatic heterocycles. The molecule has 6 nitrogen and oxygen atoms in total. The van der Waals surface area contributed by atoms with E-state index in [9.17, 15) is 9.59 Å². The molecule has 0 unspecified atom stereocenters. The number of para-hydroxylation sites is 1. The lowest BCUT2D eigenvalue weighted by molar-refractivity contribution is -0.137. The number of amides is 1. The number of carbonyl (C=O) groups is 2. The standard InChI is InChI=1S/C21H21N3O3/c1-24(12-4-7-20(25)26)18-10-8-15(9-11-18)21(27)23-17-13-16-5-2-3-6-19(16)22-14-17/h2-3,5-6,8-11,13-14H,4,7,12H2,1H3,(H,23,27)(H,25,26). The molecular formula is C21H21N3O3. The third-order valence-electron chi connectivity index (χ3n) is 4.30. The molecule has 2 N–H and O–H groups in total. The van der Waals surface area contributed by atoms with Crippen molar-refractivity contribution >= 4 is 34.2 Å². The van der Waals surface area contributed by atoms with Gasteiger partial charge in [-0.1, -0.05) is 18.2 Å². The number of benzene rings is 2. The van der Waals surface area contributed by atoms with E-state index in [0.717, 1.165) is 16.6 Å². The molecule has 3 aromatic rings. The van der Waals surface area contributed by atoms with Gasteiger partial charge in [-0.2, -0.15) is 0 Å². The monoisotopic (exact) mass is 363 g/mol. The van der Waals surface area contributed by atoms with Gasteiger partial charge < -0.3 is 15.3 Å². The number of hydrogen-bond acceptors (Lipinski definition) is 4. The Bertz CT molecular complexity index is 954. The second-order valence-corrected chi connectivity index (χ2v) is 6.34. The van der Waals surface area contributed by atoms with Crippen molar-refractivity contribution < 1.29 is 14.7 Å². The van der Waals surface area contributed by atoms with Gasteiger partial charge in [-0.25, -0.2) is 0 Å². The maximum Gasteiger partial charge on any atom is 0.303 e. The number of hydrogen-bond donors (Lipinski definition) is 2. The Morgan fingerprint density at radius 3 is 2.59 bits per heavy atom. The van der Waals surface area contributed by atoms with Crippen molar-refractivity contribution in [2.75, 3.05) is 23.8 Å². The molecule has 27 heavy (non-hydrogen) atoms. The quantitative estimate of drug-likeness (QED) is 0.667. The van der Waals surface area contributed by atoms with Crippen LogP contribution in [0.25, 0.3) is 10.9 Å². The second-order valence-electron chi connectivity index (χ2n) is 6.34. The number of carbonyl (C=O) groups excluding carboxylic acids is 1. The third-order valence-corrected chi connectivity index (χ3v) is 4.30. The average molecular weight is 363 g/mol. The first-order chi connectivity index (χ1) is 13.0. The van der Waals surface area contributed by atoms with Crippen molar-refractivity contribution in [3.63, 3.8) is 0 Å². The van der Waals surface area contributed by atoms with E-state index in [2.05, 4.69) is 10.3 Å². The Labute approximate surface area is 157 Å². The van der Waals surface area contributed by atoms with Crippen LogP contribution in [0.3, 0.4) is 0 Å². The van der Waals surface area contributed by atoms with Gasteiger partial charge in [0, 0.05) is 36.7 Å². The Morgan fingerprint density at radius 1 is 1.11 bits per heavy atom. The fraction of sp³-hybridized carbons (Fsp3) is 0.190. The van der Waals surface area contributed by atoms with Gasteiger partial charge in [0.05, 0.1) is 17.4 Å². The lowest BCUT2D eigenvalue weighted by Gasteiger charge is -2.19. The Balaban J connectivity index is 1.63. The highest BCUT2D eigenvalue weighted by Gasteiger charge is 2.09. The lowest BCUT2D eigenvalue weighted by atomic mass is 10.1. The molecule has 6 heteroatoms. The zero-order valence-corrected chi connectivity index (χ0v) is 15.1. The number of rotatable bonds is 7. The normalized spacial score (nSPS) is 10.6. The predicted molar refractivity (Wildman–Crippen MR) is 106 cm³/mol. The van der Waals surface area contributed by atoms with Crippen molar-refractivity contribution in [1.82, 2.24) is 4.98 Å². The minimum atomic E-state index is -0.793. The first-order valence-corrected chi connectivity index (χ1v) is 8.72. The molecule has 0 bridgehead atoms. The summed E-state index contributed by atoms with van der Waals surface area (Å²) in [4.78, 5) is 29.4. The Kier molecular flexibility index (Phi) is 5.66. The van der Waals surface area contributed by atoms with Gasteiger partial charge in [-0.05, 0) is 42.8 Å². The van der Waals surface area contributed by atoms with E-state index in [1.165, 1.54) is 0 Å². The summed E-state index contributed by atoms with van der Waals surface area (Å²) in [7, 11) is 1.90. The van der Waals surface area contributed by atoms with Gasteiger partial charge in [0.25, 0.3) is 5.91 Å². The number of carboxylic acids is 1. The minimum Gasteiger partial charge on any atom is -0.481 e. The number of pyridine rings is 1. The molecule has 0 aliphatic heterocycles. The molecule has 138 valence electrons. The second kappa shape index (κ2) is 8.31. The predicted octanol–water partition coefficient (Wildman–Crippen LogP) is 3.79. The molecule has 1 heterocycles. The number of anilines is 2. The number of nitrogens with one attached hydrogen (secondary N) is 1. The molecule has 3 rings (SSSR count). The van der Waals surface area contributed by atoms with Crippen LogP contribution in [0.4, 0.5) is 11.4 Å². The summed E-state index contributed by atoms with van der Waals surface area (Å²) in [5.74, 6) is -0.995. The lowest BCUT2D eigenvalue weighted by Crippen LogP contribution is -2.19. The Morgan fingerprint density at radius 2 is 1.85 bits per heavy atom. The highest BCUT2D eigenvalue weighted by Crippen LogP contribution is 2.18. The molecule has 0 atom stereocenters. The van der Waals surface area contributed by atoms with Crippen molar-refractivity contribution in [1.29, 1.82) is 0 Å². The van der Waals surface area contributed by atoms with E-state index < -0.39 is 5.97 Å². The van der Waals surface area contributed by atoms with Crippen LogP contribution < -0.4 is 10.2 Å². The number of aromatic nitrogens is 1. The highest BCUT2D eigenvalue weighted by molar-refractivity contribution is 6.05. The van der Waals surface area contributed by atoms with E-state index in [1.807, 2.05) is 54.4 Å². The molecule has 0 radical (unpaired) electrons. The number of fused-ring (bicyclic) bond motifs is 1. The largest absolute Gasteiger partial charge is 0.481 e. The third kappa shape index (κ3) is 4.82. The van der Waals surface area contributed by atoms with E-state index >= 15 is 0 Å². The van der Waals surface area contributed by atoms with Crippen LogP contribution in [0, 0.1) is 0 Å². The van der Waals surface area contributed by atoms with E-state index in [0.29, 0.717) is 24.2 Å². The van der Waals surface area contributed by atoms with Crippen molar-refractivity contribution in [3.05, 3.63) is 66.4 Å². The summed E-state index contributed by atoms with van der Waals surface area (Å²) < 4.78 is 0. The number of nitrogens with zero attached hydrogens (tertiary/aromatic N) is 2. The number of carboxylic acid groups (broad SMARTS) is 1. The first kappa shape index (κ1) is 18.4. The van der Waals surface area contributed by atoms with Gasteiger partial charge in [0.1, 0.15) is 0 Å². The van der Waals surface area contributed by atoms with Crippen molar-refractivity contribution in [3.8, 4) is 0 Å². The molecular weight excluding hydrogens is 342 g/mol. The van der Waals surface area contributed by atoms with Gasteiger partial charge in [0.15, 0.2) is 0 Å². The highest BCUT2D eigenvalue weighted by atomic mass is 16.4. The summed E-state index contributed by atoms with van der Waals surface area (Å²) in [6, 6.07) is 16.8. The van der Waals surface area contributed by atoms with Gasteiger partial charge in [-0.3, -0.25) is 14.6 Å². The molecule has 0 fully saturated rings. The van der Waals surface area contributed by atoms with Crippen LogP contribution in [0.15, 0.2) is 60.8 Å². The maximum absolute atomic E-state index is 12.5. The molecule has 0 saturated heterocycles. The summed E-state index contributed by atoms with van der Waals surface area (Å²) in [5.41, 5.74) is 3.01. The van der Waals surface area contributed by atoms with Crippen molar-refractivity contribution in [2.24, 2.45) is 0 Å². The molecule has 0 spiro atoms. The topological polar surface area (TPSA) is 82.5 Å². The van der Waals surface area contributed by atoms with Gasteiger partial charge in [0.2, 0.25) is 0 Å². The SMILES string of the molecule is CN(CCCC(=O)O)c1ccc(C(=O)Nc2cnc3ccccc3c2)cc1. The summed E-state index contributed by atoms with van der Waals surface area (Å²) in [6.07, 6.45) is 2.36. The van der Waals surface area contributed by atoms with Gasteiger partial charge >= 0.3 is 5.97 Å². The zero-order valence-electron chi connectivity index (χ0n) is 15.1. The van der Waals surface area contributed by atoms with E-state index in [-0.39, 0.29) is 12.3 Å². The van der Waals surface area contributed by atoms with Crippen LogP contribution in [-0.4, -0.2) is 35.6 Å². The van der Waals surface area contributed by atoms with Crippen LogP contribution in [0.2, 0.25) is 0 Å².